The first kappa shape index (κ1) is 19.0. The van der Waals surface area contributed by atoms with Crippen LogP contribution in [0.1, 0.15) is 46.1 Å². The normalized spacial score (nSPS) is 20.9. The summed E-state index contributed by atoms with van der Waals surface area (Å²) < 4.78 is 5.30. The number of anilines is 1. The lowest BCUT2D eigenvalue weighted by atomic mass is 9.97. The zero-order valence-corrected chi connectivity index (χ0v) is 15.5. The van der Waals surface area contributed by atoms with E-state index in [0.717, 1.165) is 5.56 Å². The molecule has 1 aromatic rings. The number of nitro benzene ring substituents is 1. The van der Waals surface area contributed by atoms with Crippen molar-refractivity contribution in [1.82, 2.24) is 5.32 Å². The van der Waals surface area contributed by atoms with Gasteiger partial charge in [-0.05, 0) is 59.1 Å². The third-order valence-corrected chi connectivity index (χ3v) is 4.23. The maximum Gasteiger partial charge on any atom is 0.407 e. The second-order valence-electron chi connectivity index (χ2n) is 7.66. The summed E-state index contributed by atoms with van der Waals surface area (Å²) in [6, 6.07) is 5.39. The molecule has 0 bridgehead atoms. The molecule has 0 aliphatic carbocycles. The van der Waals surface area contributed by atoms with E-state index in [2.05, 4.69) is 5.32 Å². The third-order valence-electron chi connectivity index (χ3n) is 4.23. The van der Waals surface area contributed by atoms with Gasteiger partial charge in [-0.3, -0.25) is 10.1 Å². The van der Waals surface area contributed by atoms with Gasteiger partial charge in [-0.2, -0.15) is 0 Å². The molecular weight excluding hydrogens is 322 g/mol. The number of hydrogen-bond acceptors (Lipinski definition) is 5. The summed E-state index contributed by atoms with van der Waals surface area (Å²) >= 11 is 0. The number of alkyl carbamates (subject to hydrolysis) is 1. The molecule has 1 aliphatic rings. The summed E-state index contributed by atoms with van der Waals surface area (Å²) in [6.45, 7) is 9.99. The predicted molar refractivity (Wildman–Crippen MR) is 97.0 cm³/mol. The molecule has 0 aromatic heterocycles. The van der Waals surface area contributed by atoms with Crippen molar-refractivity contribution in [2.45, 2.75) is 65.1 Å². The average molecular weight is 349 g/mol. The van der Waals surface area contributed by atoms with Gasteiger partial charge in [0.05, 0.1) is 4.92 Å². The minimum absolute atomic E-state index is 0.00519. The smallest absolute Gasteiger partial charge is 0.407 e. The number of carbonyl (C=O) groups excluding carboxylic acids is 1. The van der Waals surface area contributed by atoms with Gasteiger partial charge in [0.25, 0.3) is 5.69 Å². The highest BCUT2D eigenvalue weighted by molar-refractivity contribution is 5.68. The first-order valence-electron chi connectivity index (χ1n) is 8.58. The number of carbonyl (C=O) groups is 1. The molecule has 138 valence electrons. The summed E-state index contributed by atoms with van der Waals surface area (Å²) in [5.41, 5.74) is 1.10. The van der Waals surface area contributed by atoms with E-state index < -0.39 is 11.7 Å². The number of hydrogen-bond donors (Lipinski definition) is 1. The van der Waals surface area contributed by atoms with Crippen LogP contribution in [-0.4, -0.2) is 35.2 Å². The Morgan fingerprint density at radius 1 is 1.40 bits per heavy atom. The first-order valence-corrected chi connectivity index (χ1v) is 8.58. The van der Waals surface area contributed by atoms with Gasteiger partial charge in [0.2, 0.25) is 0 Å². The molecule has 25 heavy (non-hydrogen) atoms. The standard InChI is InChI=1S/C18H27N3O4/c1-12-6-7-15(16(10-12)21(23)24)20-9-8-14(11-13(20)2)19-17(22)25-18(3,4)5/h6-7,10,13-14H,8-9,11H2,1-5H3,(H,19,22). The molecule has 1 fully saturated rings. The number of amides is 1. The highest BCUT2D eigenvalue weighted by atomic mass is 16.6. The number of ether oxygens (including phenoxy) is 1. The molecule has 2 atom stereocenters. The van der Waals surface area contributed by atoms with Crippen LogP contribution >= 0.6 is 0 Å². The Kier molecular flexibility index (Phi) is 5.55. The highest BCUT2D eigenvalue weighted by Gasteiger charge is 2.31. The topological polar surface area (TPSA) is 84.7 Å². The zero-order chi connectivity index (χ0) is 18.8. The van der Waals surface area contributed by atoms with E-state index in [1.165, 1.54) is 0 Å². The van der Waals surface area contributed by atoms with E-state index in [4.69, 9.17) is 4.74 Å². The lowest BCUT2D eigenvalue weighted by Gasteiger charge is -2.39. The Labute approximate surface area is 148 Å². The second kappa shape index (κ2) is 7.29. The number of nitrogens with zero attached hydrogens (tertiary/aromatic N) is 2. The molecule has 2 rings (SSSR count). The van der Waals surface area contributed by atoms with Gasteiger partial charge >= 0.3 is 6.09 Å². The van der Waals surface area contributed by atoms with Crippen LogP contribution in [0.5, 0.6) is 0 Å². The van der Waals surface area contributed by atoms with Crippen molar-refractivity contribution in [3.8, 4) is 0 Å². The minimum Gasteiger partial charge on any atom is -0.444 e. The fourth-order valence-corrected chi connectivity index (χ4v) is 3.16. The molecule has 1 N–H and O–H groups in total. The van der Waals surface area contributed by atoms with E-state index in [1.54, 1.807) is 6.07 Å². The van der Waals surface area contributed by atoms with Crippen LogP contribution in [0.15, 0.2) is 18.2 Å². The van der Waals surface area contributed by atoms with Crippen LogP contribution in [0.25, 0.3) is 0 Å². The van der Waals surface area contributed by atoms with Gasteiger partial charge in [-0.25, -0.2) is 4.79 Å². The van der Waals surface area contributed by atoms with Crippen LogP contribution < -0.4 is 10.2 Å². The van der Waals surface area contributed by atoms with E-state index in [1.807, 2.05) is 51.7 Å². The van der Waals surface area contributed by atoms with Gasteiger partial charge in [-0.15, -0.1) is 0 Å². The van der Waals surface area contributed by atoms with Crippen molar-refractivity contribution in [1.29, 1.82) is 0 Å². The van der Waals surface area contributed by atoms with Crippen LogP contribution in [-0.2, 0) is 4.74 Å². The molecular formula is C18H27N3O4. The van der Waals surface area contributed by atoms with Crippen molar-refractivity contribution in [3.05, 3.63) is 33.9 Å². The fourth-order valence-electron chi connectivity index (χ4n) is 3.16. The van der Waals surface area contributed by atoms with E-state index in [0.29, 0.717) is 25.1 Å². The Morgan fingerprint density at radius 2 is 2.08 bits per heavy atom. The van der Waals surface area contributed by atoms with Crippen LogP contribution in [0, 0.1) is 17.0 Å². The summed E-state index contributed by atoms with van der Waals surface area (Å²) in [5.74, 6) is 0. The molecule has 1 aromatic carbocycles. The average Bonchev–Trinajstić information content (AvgIpc) is 2.45. The molecule has 7 nitrogen and oxygen atoms in total. The van der Waals surface area contributed by atoms with Gasteiger partial charge in [0, 0.05) is 24.7 Å². The molecule has 1 saturated heterocycles. The quantitative estimate of drug-likeness (QED) is 0.663. The van der Waals surface area contributed by atoms with Gasteiger partial charge in [0.15, 0.2) is 0 Å². The van der Waals surface area contributed by atoms with E-state index in [9.17, 15) is 14.9 Å². The van der Waals surface area contributed by atoms with Crippen LogP contribution in [0.2, 0.25) is 0 Å². The first-order chi connectivity index (χ1) is 11.6. The zero-order valence-electron chi connectivity index (χ0n) is 15.5. The van der Waals surface area contributed by atoms with Gasteiger partial charge < -0.3 is 15.0 Å². The maximum atomic E-state index is 11.9. The van der Waals surface area contributed by atoms with Crippen LogP contribution in [0.4, 0.5) is 16.2 Å². The van der Waals surface area contributed by atoms with Crippen molar-refractivity contribution < 1.29 is 14.5 Å². The largest absolute Gasteiger partial charge is 0.444 e. The SMILES string of the molecule is Cc1ccc(N2CCC(NC(=O)OC(C)(C)C)CC2C)c([N+](=O)[O-])c1. The molecule has 0 saturated carbocycles. The molecule has 1 aliphatic heterocycles. The molecule has 0 radical (unpaired) electrons. The minimum atomic E-state index is -0.529. The van der Waals surface area contributed by atoms with Crippen LogP contribution in [0.3, 0.4) is 0 Å². The Balaban J connectivity index is 2.05. The summed E-state index contributed by atoms with van der Waals surface area (Å²) in [7, 11) is 0. The molecule has 7 heteroatoms. The number of nitrogens with one attached hydrogen (secondary N) is 1. The summed E-state index contributed by atoms with van der Waals surface area (Å²) in [5, 5.41) is 14.3. The lowest BCUT2D eigenvalue weighted by Crippen LogP contribution is -2.50. The summed E-state index contributed by atoms with van der Waals surface area (Å²) in [4.78, 5) is 25.0. The highest BCUT2D eigenvalue weighted by Crippen LogP contribution is 2.33. The lowest BCUT2D eigenvalue weighted by molar-refractivity contribution is -0.384. The van der Waals surface area contributed by atoms with Crippen molar-refractivity contribution >= 4 is 17.5 Å². The van der Waals surface area contributed by atoms with Gasteiger partial charge in [0.1, 0.15) is 11.3 Å². The Bertz CT molecular complexity index is 654. The van der Waals surface area contributed by atoms with Crippen molar-refractivity contribution in [2.24, 2.45) is 0 Å². The number of benzene rings is 1. The molecule has 1 heterocycles. The third kappa shape index (κ3) is 5.08. The maximum absolute atomic E-state index is 11.9. The Hall–Kier alpha value is -2.31. The predicted octanol–water partition coefficient (Wildman–Crippen LogP) is 3.79. The molecule has 2 unspecified atom stereocenters. The summed E-state index contributed by atoms with van der Waals surface area (Å²) in [6.07, 6.45) is 1.01. The number of aryl methyl sites for hydroxylation is 1. The van der Waals surface area contributed by atoms with E-state index in [-0.39, 0.29) is 22.7 Å². The van der Waals surface area contributed by atoms with Crippen molar-refractivity contribution in [2.75, 3.05) is 11.4 Å². The number of rotatable bonds is 3. The fraction of sp³-hybridized carbons (Fsp3) is 0.611. The molecule has 1 amide bonds. The molecule has 0 spiro atoms. The number of piperidine rings is 1. The van der Waals surface area contributed by atoms with E-state index >= 15 is 0 Å². The van der Waals surface area contributed by atoms with Crippen molar-refractivity contribution in [3.63, 3.8) is 0 Å². The Morgan fingerprint density at radius 3 is 2.64 bits per heavy atom. The monoisotopic (exact) mass is 349 g/mol. The second-order valence-corrected chi connectivity index (χ2v) is 7.66. The van der Waals surface area contributed by atoms with Gasteiger partial charge in [-0.1, -0.05) is 6.07 Å². The number of nitro groups is 1.